The third kappa shape index (κ3) is 2.22. The molecular weight excluding hydrogens is 278 g/mol. The van der Waals surface area contributed by atoms with Crippen LogP contribution in [0.1, 0.15) is 44.9 Å². The van der Waals surface area contributed by atoms with Crippen LogP contribution in [0.3, 0.4) is 0 Å². The fourth-order valence-electron chi connectivity index (χ4n) is 4.75. The van der Waals surface area contributed by atoms with Crippen LogP contribution in [-0.4, -0.2) is 41.0 Å². The summed E-state index contributed by atoms with van der Waals surface area (Å²) in [5, 5.41) is 3.94. The number of nitrogens with zero attached hydrogens (tertiary/aromatic N) is 2. The molecule has 3 aliphatic rings. The smallest absolute Gasteiger partial charge is 0.100 e. The molecule has 1 aromatic heterocycles. The molecule has 1 aliphatic carbocycles. The molecule has 0 radical (unpaired) electrons. The summed E-state index contributed by atoms with van der Waals surface area (Å²) in [6.07, 6.45) is 7.74. The molecule has 22 heavy (non-hydrogen) atoms. The van der Waals surface area contributed by atoms with Crippen molar-refractivity contribution in [3.05, 3.63) is 18.2 Å². The Labute approximate surface area is 132 Å². The summed E-state index contributed by atoms with van der Waals surface area (Å²) in [5.74, 6) is 0.702. The Morgan fingerprint density at radius 3 is 2.86 bits per heavy atom. The highest BCUT2D eigenvalue weighted by molar-refractivity contribution is 5.12. The molecule has 0 spiro atoms. The van der Waals surface area contributed by atoms with Gasteiger partial charge in [-0.15, -0.1) is 0 Å². The maximum Gasteiger partial charge on any atom is 0.100 e. The molecule has 0 aromatic carbocycles. The first kappa shape index (κ1) is 14.7. The van der Waals surface area contributed by atoms with E-state index in [9.17, 15) is 0 Å². The van der Waals surface area contributed by atoms with Crippen molar-refractivity contribution in [3.8, 4) is 0 Å². The lowest BCUT2D eigenvalue weighted by molar-refractivity contribution is -0.120. The molecule has 3 heterocycles. The SMILES string of the molecule is Cn1cncc1[C@@H]1C[C@H](N[C@@H]2[C@H]3CCO[C@@H]3C2(C)C)CCO1. The molecule has 5 atom stereocenters. The summed E-state index contributed by atoms with van der Waals surface area (Å²) in [6, 6.07) is 1.11. The molecule has 1 aromatic rings. The van der Waals surface area contributed by atoms with E-state index in [-0.39, 0.29) is 11.5 Å². The van der Waals surface area contributed by atoms with E-state index in [1.54, 1.807) is 0 Å². The van der Waals surface area contributed by atoms with Gasteiger partial charge in [-0.05, 0) is 19.3 Å². The molecular formula is C17H27N3O2. The third-order valence-corrected chi connectivity index (χ3v) is 5.98. The van der Waals surface area contributed by atoms with Crippen molar-refractivity contribution in [1.29, 1.82) is 0 Å². The zero-order chi connectivity index (χ0) is 15.3. The van der Waals surface area contributed by atoms with E-state index >= 15 is 0 Å². The van der Waals surface area contributed by atoms with Gasteiger partial charge in [0.15, 0.2) is 0 Å². The van der Waals surface area contributed by atoms with E-state index in [4.69, 9.17) is 9.47 Å². The number of hydrogen-bond donors (Lipinski definition) is 1. The third-order valence-electron chi connectivity index (χ3n) is 5.98. The van der Waals surface area contributed by atoms with Crippen molar-refractivity contribution in [2.75, 3.05) is 13.2 Å². The molecule has 5 nitrogen and oxygen atoms in total. The van der Waals surface area contributed by atoms with Crippen molar-refractivity contribution >= 4 is 0 Å². The summed E-state index contributed by atoms with van der Waals surface area (Å²) in [7, 11) is 2.04. The van der Waals surface area contributed by atoms with Gasteiger partial charge in [-0.2, -0.15) is 0 Å². The second kappa shape index (κ2) is 5.32. The largest absolute Gasteiger partial charge is 0.377 e. The molecule has 1 saturated carbocycles. The van der Waals surface area contributed by atoms with Crippen LogP contribution in [0.5, 0.6) is 0 Å². The van der Waals surface area contributed by atoms with Crippen LogP contribution >= 0.6 is 0 Å². The molecule has 0 amide bonds. The molecule has 3 fully saturated rings. The van der Waals surface area contributed by atoms with Crippen LogP contribution in [0.15, 0.2) is 12.5 Å². The first-order valence-corrected chi connectivity index (χ1v) is 8.53. The van der Waals surface area contributed by atoms with E-state index in [0.29, 0.717) is 24.1 Å². The van der Waals surface area contributed by atoms with Gasteiger partial charge in [-0.1, -0.05) is 13.8 Å². The van der Waals surface area contributed by atoms with Crippen LogP contribution in [0, 0.1) is 11.3 Å². The van der Waals surface area contributed by atoms with Gasteiger partial charge in [0.05, 0.1) is 24.3 Å². The Balaban J connectivity index is 1.42. The second-order valence-electron chi connectivity index (χ2n) is 7.72. The molecule has 0 bridgehead atoms. The number of hydrogen-bond acceptors (Lipinski definition) is 4. The van der Waals surface area contributed by atoms with Crippen LogP contribution in [0.4, 0.5) is 0 Å². The van der Waals surface area contributed by atoms with Gasteiger partial charge in [-0.3, -0.25) is 0 Å². The van der Waals surface area contributed by atoms with Crippen LogP contribution in [0.25, 0.3) is 0 Å². The van der Waals surface area contributed by atoms with Gasteiger partial charge in [0, 0.05) is 43.7 Å². The molecule has 4 rings (SSSR count). The van der Waals surface area contributed by atoms with Gasteiger partial charge in [0.25, 0.3) is 0 Å². The van der Waals surface area contributed by atoms with Gasteiger partial charge >= 0.3 is 0 Å². The lowest BCUT2D eigenvalue weighted by atomic mass is 9.57. The quantitative estimate of drug-likeness (QED) is 0.928. The Morgan fingerprint density at radius 2 is 2.09 bits per heavy atom. The van der Waals surface area contributed by atoms with Crippen molar-refractivity contribution in [3.63, 3.8) is 0 Å². The first-order chi connectivity index (χ1) is 10.6. The minimum atomic E-state index is 0.164. The Bertz CT molecular complexity index is 542. The number of fused-ring (bicyclic) bond motifs is 1. The lowest BCUT2D eigenvalue weighted by Crippen LogP contribution is -2.67. The number of ether oxygens (including phenoxy) is 2. The van der Waals surface area contributed by atoms with Gasteiger partial charge in [0.2, 0.25) is 0 Å². The Hall–Kier alpha value is -0.910. The van der Waals surface area contributed by atoms with Crippen molar-refractivity contribution in [2.24, 2.45) is 18.4 Å². The van der Waals surface area contributed by atoms with Crippen molar-refractivity contribution in [2.45, 2.75) is 57.4 Å². The number of nitrogens with one attached hydrogen (secondary N) is 1. The Kier molecular flexibility index (Phi) is 3.55. The Morgan fingerprint density at radius 1 is 1.27 bits per heavy atom. The summed E-state index contributed by atoms with van der Waals surface area (Å²) >= 11 is 0. The summed E-state index contributed by atoms with van der Waals surface area (Å²) in [5.41, 5.74) is 1.43. The summed E-state index contributed by atoms with van der Waals surface area (Å²) in [4.78, 5) is 4.22. The second-order valence-corrected chi connectivity index (χ2v) is 7.72. The standard InChI is InChI=1S/C17H27N3O2/c1-17(2)15(12-5-7-22-16(12)17)19-11-4-6-21-14(8-11)13-9-18-10-20(13)3/h9-12,14-16,19H,4-8H2,1-3H3/t11-,12-,14+,15-,16+/m1/s1. The number of aromatic nitrogens is 2. The first-order valence-electron chi connectivity index (χ1n) is 8.53. The van der Waals surface area contributed by atoms with Crippen molar-refractivity contribution < 1.29 is 9.47 Å². The number of imidazole rings is 1. The normalized spacial score (nSPS) is 40.2. The molecule has 122 valence electrons. The van der Waals surface area contributed by atoms with Gasteiger partial charge in [-0.25, -0.2) is 4.98 Å². The average molecular weight is 305 g/mol. The van der Waals surface area contributed by atoms with Crippen LogP contribution in [-0.2, 0) is 16.5 Å². The molecule has 1 N–H and O–H groups in total. The highest BCUT2D eigenvalue weighted by atomic mass is 16.5. The molecule has 0 unspecified atom stereocenters. The maximum atomic E-state index is 5.98. The molecule has 2 aliphatic heterocycles. The minimum Gasteiger partial charge on any atom is -0.377 e. The fraction of sp³-hybridized carbons (Fsp3) is 0.824. The van der Waals surface area contributed by atoms with E-state index < -0.39 is 0 Å². The summed E-state index contributed by atoms with van der Waals surface area (Å²) in [6.45, 7) is 6.44. The van der Waals surface area contributed by atoms with Crippen LogP contribution in [0.2, 0.25) is 0 Å². The van der Waals surface area contributed by atoms with Gasteiger partial charge < -0.3 is 19.4 Å². The van der Waals surface area contributed by atoms with E-state index in [1.165, 1.54) is 12.1 Å². The fourth-order valence-corrected chi connectivity index (χ4v) is 4.75. The number of rotatable bonds is 3. The monoisotopic (exact) mass is 305 g/mol. The summed E-state index contributed by atoms with van der Waals surface area (Å²) < 4.78 is 14.0. The highest BCUT2D eigenvalue weighted by Crippen LogP contribution is 2.52. The number of aryl methyl sites for hydroxylation is 1. The predicted molar refractivity (Wildman–Crippen MR) is 83.5 cm³/mol. The zero-order valence-electron chi connectivity index (χ0n) is 13.8. The average Bonchev–Trinajstić information content (AvgIpc) is 3.12. The topological polar surface area (TPSA) is 48.3 Å². The minimum absolute atomic E-state index is 0.164. The lowest BCUT2D eigenvalue weighted by Gasteiger charge is -2.56. The highest BCUT2D eigenvalue weighted by Gasteiger charge is 2.59. The van der Waals surface area contributed by atoms with Crippen molar-refractivity contribution in [1.82, 2.24) is 14.9 Å². The van der Waals surface area contributed by atoms with E-state index in [1.807, 2.05) is 19.6 Å². The molecule has 5 heteroatoms. The maximum absolute atomic E-state index is 5.98. The van der Waals surface area contributed by atoms with Gasteiger partial charge in [0.1, 0.15) is 6.10 Å². The predicted octanol–water partition coefficient (Wildman–Crippen LogP) is 2.04. The zero-order valence-corrected chi connectivity index (χ0v) is 13.8. The van der Waals surface area contributed by atoms with E-state index in [0.717, 1.165) is 26.1 Å². The van der Waals surface area contributed by atoms with E-state index in [2.05, 4.69) is 28.7 Å². The van der Waals surface area contributed by atoms with Crippen LogP contribution < -0.4 is 5.32 Å². The molecule has 2 saturated heterocycles.